The van der Waals surface area contributed by atoms with Crippen LogP contribution in [0.4, 0.5) is 14.6 Å². The smallest absolute Gasteiger partial charge is 0.290 e. The molecule has 4 heterocycles. The van der Waals surface area contributed by atoms with Gasteiger partial charge in [-0.25, -0.2) is 4.98 Å². The predicted molar refractivity (Wildman–Crippen MR) is 109 cm³/mol. The van der Waals surface area contributed by atoms with Gasteiger partial charge in [-0.3, -0.25) is 9.36 Å². The molecule has 0 unspecified atom stereocenters. The van der Waals surface area contributed by atoms with Crippen molar-refractivity contribution in [3.63, 3.8) is 0 Å². The number of alkyl halides is 2. The van der Waals surface area contributed by atoms with Crippen LogP contribution in [0.1, 0.15) is 32.2 Å². The Morgan fingerprint density at radius 2 is 2.06 bits per heavy atom. The zero-order chi connectivity index (χ0) is 23.9. The molecule has 13 nitrogen and oxygen atoms in total. The first-order valence-corrected chi connectivity index (χ1v) is 10.2. The molecule has 0 bridgehead atoms. The number of amides is 1. The molecule has 0 spiro atoms. The number of rotatable bonds is 7. The van der Waals surface area contributed by atoms with Crippen molar-refractivity contribution in [1.82, 2.24) is 39.8 Å². The predicted octanol–water partition coefficient (Wildman–Crippen LogP) is -0.294. The zero-order valence-electron chi connectivity index (χ0n) is 18.0. The van der Waals surface area contributed by atoms with Gasteiger partial charge in [0.15, 0.2) is 35.0 Å². The summed E-state index contributed by atoms with van der Waals surface area (Å²) < 4.78 is 35.2. The van der Waals surface area contributed by atoms with Gasteiger partial charge in [0.25, 0.3) is 17.8 Å². The van der Waals surface area contributed by atoms with Crippen molar-refractivity contribution in [2.75, 3.05) is 18.9 Å². The molecule has 0 saturated carbocycles. The number of aliphatic hydroxyl groups excluding tert-OH is 2. The van der Waals surface area contributed by atoms with Gasteiger partial charge < -0.3 is 25.6 Å². The summed E-state index contributed by atoms with van der Waals surface area (Å²) in [6.45, 7) is 3.18. The molecular weight excluding hydrogens is 444 g/mol. The lowest BCUT2D eigenvalue weighted by Gasteiger charge is -2.17. The van der Waals surface area contributed by atoms with E-state index in [1.165, 1.54) is 17.9 Å². The summed E-state index contributed by atoms with van der Waals surface area (Å²) in [4.78, 5) is 25.0. The highest BCUT2D eigenvalue weighted by Gasteiger charge is 2.47. The number of nitrogens with one attached hydrogen (secondary N) is 2. The van der Waals surface area contributed by atoms with Crippen molar-refractivity contribution < 1.29 is 28.5 Å². The summed E-state index contributed by atoms with van der Waals surface area (Å²) in [5, 5.41) is 33.4. The molecule has 0 aliphatic carbocycles. The van der Waals surface area contributed by atoms with E-state index in [4.69, 9.17) is 4.74 Å². The minimum absolute atomic E-state index is 0.0817. The first kappa shape index (κ1) is 22.9. The highest BCUT2D eigenvalue weighted by molar-refractivity contribution is 5.84. The molecule has 4 N–H and O–H groups in total. The molecule has 1 amide bonds. The van der Waals surface area contributed by atoms with Gasteiger partial charge in [-0.05, 0) is 6.42 Å². The maximum atomic E-state index is 13.6. The van der Waals surface area contributed by atoms with Crippen molar-refractivity contribution in [3.8, 4) is 5.95 Å². The number of ether oxygens (including phenoxy) is 1. The SMILES string of the molecule is CCCNc1nc(-n2cc(C(C)(F)F)nn2)nc2c1ncn2[C@@H]1O[C@H](C(=O)NC)[C@@H](O)[C@H]1O. The summed E-state index contributed by atoms with van der Waals surface area (Å²) in [7, 11) is 1.38. The van der Waals surface area contributed by atoms with E-state index >= 15 is 0 Å². The van der Waals surface area contributed by atoms with E-state index < -0.39 is 42.1 Å². The molecule has 1 aliphatic rings. The maximum absolute atomic E-state index is 13.6. The van der Waals surface area contributed by atoms with Gasteiger partial charge in [0.05, 0.1) is 12.5 Å². The molecule has 3 aromatic heterocycles. The van der Waals surface area contributed by atoms with Crippen LogP contribution in [0.25, 0.3) is 17.1 Å². The van der Waals surface area contributed by atoms with Crippen molar-refractivity contribution in [3.05, 3.63) is 18.2 Å². The van der Waals surface area contributed by atoms with Crippen LogP contribution in [0.2, 0.25) is 0 Å². The Labute approximate surface area is 185 Å². The Balaban J connectivity index is 1.80. The molecule has 4 rings (SSSR count). The van der Waals surface area contributed by atoms with E-state index in [-0.39, 0.29) is 11.6 Å². The summed E-state index contributed by atoms with van der Waals surface area (Å²) in [6.07, 6.45) is -2.36. The number of halogens is 2. The topological polar surface area (TPSA) is 165 Å². The number of carbonyl (C=O) groups excluding carboxylic acids is 1. The molecule has 33 heavy (non-hydrogen) atoms. The fourth-order valence-electron chi connectivity index (χ4n) is 3.37. The zero-order valence-corrected chi connectivity index (χ0v) is 18.0. The number of carbonyl (C=O) groups is 1. The number of anilines is 1. The number of fused-ring (bicyclic) bond motifs is 1. The van der Waals surface area contributed by atoms with E-state index in [1.54, 1.807) is 0 Å². The average molecular weight is 467 g/mol. The van der Waals surface area contributed by atoms with E-state index in [0.717, 1.165) is 17.3 Å². The second kappa shape index (κ2) is 8.57. The van der Waals surface area contributed by atoms with Crippen molar-refractivity contribution in [2.24, 2.45) is 0 Å². The third kappa shape index (κ3) is 4.09. The number of hydrogen-bond acceptors (Lipinski definition) is 10. The minimum Gasteiger partial charge on any atom is -0.387 e. The van der Waals surface area contributed by atoms with Crippen LogP contribution >= 0.6 is 0 Å². The fourth-order valence-corrected chi connectivity index (χ4v) is 3.37. The van der Waals surface area contributed by atoms with Gasteiger partial charge in [0, 0.05) is 20.5 Å². The van der Waals surface area contributed by atoms with Crippen LogP contribution in [0, 0.1) is 0 Å². The van der Waals surface area contributed by atoms with Crippen molar-refractivity contribution in [1.29, 1.82) is 0 Å². The number of likely N-dealkylation sites (N-methyl/N-ethyl adjacent to an activating group) is 1. The lowest BCUT2D eigenvalue weighted by atomic mass is 10.1. The lowest BCUT2D eigenvalue weighted by molar-refractivity contribution is -0.137. The monoisotopic (exact) mass is 467 g/mol. The third-order valence-electron chi connectivity index (χ3n) is 5.12. The van der Waals surface area contributed by atoms with Gasteiger partial charge in [-0.15, -0.1) is 5.10 Å². The van der Waals surface area contributed by atoms with Crippen LogP contribution in [0.3, 0.4) is 0 Å². The largest absolute Gasteiger partial charge is 0.387 e. The molecule has 1 fully saturated rings. The normalized spacial score (nSPS) is 23.2. The number of nitrogens with zero attached hydrogens (tertiary/aromatic N) is 7. The first-order valence-electron chi connectivity index (χ1n) is 10.2. The summed E-state index contributed by atoms with van der Waals surface area (Å²) >= 11 is 0. The summed E-state index contributed by atoms with van der Waals surface area (Å²) in [5.41, 5.74) is -0.0939. The van der Waals surface area contributed by atoms with Crippen LogP contribution in [0.15, 0.2) is 12.5 Å². The Morgan fingerprint density at radius 3 is 2.70 bits per heavy atom. The van der Waals surface area contributed by atoms with Gasteiger partial charge >= 0.3 is 0 Å². The second-order valence-electron chi connectivity index (χ2n) is 7.60. The summed E-state index contributed by atoms with van der Waals surface area (Å²) in [6, 6.07) is 0. The third-order valence-corrected chi connectivity index (χ3v) is 5.12. The summed E-state index contributed by atoms with van der Waals surface area (Å²) in [5.74, 6) is -3.60. The molecule has 4 atom stereocenters. The minimum atomic E-state index is -3.21. The van der Waals surface area contributed by atoms with Crippen LogP contribution in [0.5, 0.6) is 0 Å². The average Bonchev–Trinajstić information content (AvgIpc) is 3.50. The van der Waals surface area contributed by atoms with Crippen molar-refractivity contribution >= 4 is 22.9 Å². The highest BCUT2D eigenvalue weighted by Crippen LogP contribution is 2.33. The Morgan fingerprint density at radius 1 is 1.30 bits per heavy atom. The fraction of sp³-hybridized carbons (Fsp3) is 0.556. The molecule has 0 radical (unpaired) electrons. The highest BCUT2D eigenvalue weighted by atomic mass is 19.3. The van der Waals surface area contributed by atoms with E-state index in [1.807, 2.05) is 6.92 Å². The number of aromatic nitrogens is 7. The van der Waals surface area contributed by atoms with Gasteiger partial charge in [0.1, 0.15) is 12.2 Å². The maximum Gasteiger partial charge on any atom is 0.290 e. The molecule has 1 aliphatic heterocycles. The van der Waals surface area contributed by atoms with Gasteiger partial charge in [-0.2, -0.15) is 23.4 Å². The molecule has 1 saturated heterocycles. The van der Waals surface area contributed by atoms with Gasteiger partial charge in [0.2, 0.25) is 0 Å². The Hall–Kier alpha value is -3.30. The first-order chi connectivity index (χ1) is 15.7. The van der Waals surface area contributed by atoms with Crippen molar-refractivity contribution in [2.45, 2.75) is 50.7 Å². The molecule has 3 aromatic rings. The Bertz CT molecular complexity index is 1160. The quantitative estimate of drug-likeness (QED) is 0.363. The molecule has 0 aromatic carbocycles. The van der Waals surface area contributed by atoms with Crippen LogP contribution in [-0.4, -0.2) is 82.5 Å². The van der Waals surface area contributed by atoms with Crippen LogP contribution in [-0.2, 0) is 15.5 Å². The van der Waals surface area contributed by atoms with Gasteiger partial charge in [-0.1, -0.05) is 12.1 Å². The lowest BCUT2D eigenvalue weighted by Crippen LogP contribution is -2.41. The number of imidazole rings is 1. The van der Waals surface area contributed by atoms with E-state index in [9.17, 15) is 23.8 Å². The van der Waals surface area contributed by atoms with E-state index in [0.29, 0.717) is 24.8 Å². The molecular formula is C18H23F2N9O4. The molecule has 15 heteroatoms. The Kier molecular flexibility index (Phi) is 5.94. The standard InChI is InChI=1S/C18H23F2N9O4/c1-4-5-22-13-9-14(25-17(24-13)29-6-8(26-27-29)18(2,19)20)28(7-23-9)16-11(31)10(30)12(33-16)15(32)21-3/h6-7,10-12,16,30-31H,4-5H2,1-3H3,(H,21,32)(H,22,24,25)/t10-,11+,12-,16+/m0/s1. The molecule has 178 valence electrons. The van der Waals surface area contributed by atoms with Crippen LogP contribution < -0.4 is 10.6 Å². The number of aliphatic hydroxyl groups is 2. The van der Waals surface area contributed by atoms with E-state index in [2.05, 4.69) is 35.9 Å². The number of hydrogen-bond donors (Lipinski definition) is 4. The second-order valence-corrected chi connectivity index (χ2v) is 7.60.